The fourth-order valence-electron chi connectivity index (χ4n) is 0.880. The summed E-state index contributed by atoms with van der Waals surface area (Å²) in [5.41, 5.74) is 0. The predicted octanol–water partition coefficient (Wildman–Crippen LogP) is 1.56. The minimum Gasteiger partial charge on any atom is -0.231 e. The van der Waals surface area contributed by atoms with E-state index in [9.17, 15) is 4.39 Å². The van der Waals surface area contributed by atoms with Crippen molar-refractivity contribution in [1.82, 2.24) is 19.7 Å². The lowest BCUT2D eigenvalue weighted by Gasteiger charge is -1.97. The van der Waals surface area contributed by atoms with Gasteiger partial charge < -0.3 is 0 Å². The van der Waals surface area contributed by atoms with Gasteiger partial charge in [-0.15, -0.1) is 0 Å². The summed E-state index contributed by atoms with van der Waals surface area (Å²) in [5, 5.41) is 3.76. The molecule has 0 N–H and O–H groups in total. The van der Waals surface area contributed by atoms with Crippen LogP contribution in [0.2, 0.25) is 0 Å². The second kappa shape index (κ2) is 3.21. The van der Waals surface area contributed by atoms with E-state index in [0.717, 1.165) is 6.20 Å². The van der Waals surface area contributed by atoms with Crippen molar-refractivity contribution < 1.29 is 4.39 Å². The van der Waals surface area contributed by atoms with E-state index in [4.69, 9.17) is 0 Å². The molecule has 13 heavy (non-hydrogen) atoms. The van der Waals surface area contributed by atoms with Crippen LogP contribution in [0.4, 0.5) is 4.39 Å². The molecule has 0 saturated heterocycles. The number of hydrogen-bond donors (Lipinski definition) is 0. The Morgan fingerprint density at radius 2 is 2.31 bits per heavy atom. The second-order valence-corrected chi connectivity index (χ2v) is 3.00. The summed E-state index contributed by atoms with van der Waals surface area (Å²) in [6, 6.07) is 1.64. The van der Waals surface area contributed by atoms with E-state index in [-0.39, 0.29) is 0 Å². The average molecular weight is 243 g/mol. The molecule has 0 aliphatic heterocycles. The van der Waals surface area contributed by atoms with Crippen LogP contribution in [-0.2, 0) is 0 Å². The van der Waals surface area contributed by atoms with Gasteiger partial charge in [0.25, 0.3) is 0 Å². The molecule has 66 valence electrons. The van der Waals surface area contributed by atoms with Gasteiger partial charge in [0, 0.05) is 12.3 Å². The van der Waals surface area contributed by atoms with Gasteiger partial charge >= 0.3 is 0 Å². The average Bonchev–Trinajstić information content (AvgIpc) is 2.52. The fraction of sp³-hybridized carbons (Fsp3) is 0. The second-order valence-electron chi connectivity index (χ2n) is 2.29. The molecule has 0 aromatic carbocycles. The molecule has 0 fully saturated rings. The molecule has 2 aromatic heterocycles. The SMILES string of the molecule is Fc1cnn(-c2ccnc(Br)n2)c1. The first-order chi connectivity index (χ1) is 6.25. The van der Waals surface area contributed by atoms with Gasteiger partial charge in [-0.3, -0.25) is 0 Å². The van der Waals surface area contributed by atoms with Crippen molar-refractivity contribution >= 4 is 15.9 Å². The predicted molar refractivity (Wildman–Crippen MR) is 46.8 cm³/mol. The molecule has 2 rings (SSSR count). The molecule has 0 saturated carbocycles. The minimum atomic E-state index is -0.394. The first-order valence-electron chi connectivity index (χ1n) is 3.45. The van der Waals surface area contributed by atoms with Crippen molar-refractivity contribution in [2.75, 3.05) is 0 Å². The summed E-state index contributed by atoms with van der Waals surface area (Å²) in [7, 11) is 0. The lowest BCUT2D eigenvalue weighted by Crippen LogP contribution is -1.98. The largest absolute Gasteiger partial charge is 0.231 e. The fourth-order valence-corrected chi connectivity index (χ4v) is 1.18. The Morgan fingerprint density at radius 1 is 1.46 bits per heavy atom. The lowest BCUT2D eigenvalue weighted by molar-refractivity contribution is 0.627. The van der Waals surface area contributed by atoms with E-state index in [2.05, 4.69) is 31.0 Å². The highest BCUT2D eigenvalue weighted by molar-refractivity contribution is 9.10. The van der Waals surface area contributed by atoms with E-state index in [1.54, 1.807) is 12.3 Å². The maximum Gasteiger partial charge on any atom is 0.198 e. The number of halogens is 2. The molecule has 0 aliphatic carbocycles. The third-order valence-electron chi connectivity index (χ3n) is 1.40. The van der Waals surface area contributed by atoms with Crippen LogP contribution >= 0.6 is 15.9 Å². The van der Waals surface area contributed by atoms with E-state index in [1.165, 1.54) is 10.9 Å². The maximum absolute atomic E-state index is 12.6. The Kier molecular flexibility index (Phi) is 2.05. The third kappa shape index (κ3) is 1.72. The Bertz CT molecular complexity index is 428. The van der Waals surface area contributed by atoms with Crippen molar-refractivity contribution in [2.45, 2.75) is 0 Å². The van der Waals surface area contributed by atoms with E-state index >= 15 is 0 Å². The minimum absolute atomic E-state index is 0.394. The van der Waals surface area contributed by atoms with Crippen LogP contribution in [0, 0.1) is 5.82 Å². The van der Waals surface area contributed by atoms with Gasteiger partial charge in [0.2, 0.25) is 0 Å². The first-order valence-corrected chi connectivity index (χ1v) is 4.24. The van der Waals surface area contributed by atoms with Crippen LogP contribution in [0.5, 0.6) is 0 Å². The summed E-state index contributed by atoms with van der Waals surface area (Å²) in [4.78, 5) is 7.84. The molecule has 0 spiro atoms. The topological polar surface area (TPSA) is 43.6 Å². The van der Waals surface area contributed by atoms with Gasteiger partial charge in [0.1, 0.15) is 0 Å². The molecule has 0 atom stereocenters. The normalized spacial score (nSPS) is 10.3. The number of hydrogen-bond acceptors (Lipinski definition) is 3. The molecule has 4 nitrogen and oxygen atoms in total. The highest BCUT2D eigenvalue weighted by Crippen LogP contribution is 2.06. The number of rotatable bonds is 1. The van der Waals surface area contributed by atoms with Crippen LogP contribution in [0.15, 0.2) is 29.4 Å². The molecule has 6 heteroatoms. The van der Waals surface area contributed by atoms with Gasteiger partial charge in [-0.25, -0.2) is 19.0 Å². The van der Waals surface area contributed by atoms with Gasteiger partial charge in [-0.05, 0) is 15.9 Å². The molecule has 2 aromatic rings. The first kappa shape index (κ1) is 8.31. The molecule has 0 unspecified atom stereocenters. The summed E-state index contributed by atoms with van der Waals surface area (Å²) >= 11 is 3.11. The van der Waals surface area contributed by atoms with Crippen molar-refractivity contribution in [3.05, 3.63) is 35.2 Å². The Hall–Kier alpha value is -1.30. The molecule has 0 amide bonds. The van der Waals surface area contributed by atoms with Crippen molar-refractivity contribution in [3.63, 3.8) is 0 Å². The molecule has 0 radical (unpaired) electrons. The van der Waals surface area contributed by atoms with Crippen LogP contribution in [0.1, 0.15) is 0 Å². The smallest absolute Gasteiger partial charge is 0.198 e. The molecular formula is C7H4BrFN4. The van der Waals surface area contributed by atoms with E-state index < -0.39 is 5.82 Å². The molecule has 0 bridgehead atoms. The summed E-state index contributed by atoms with van der Waals surface area (Å²) in [5.74, 6) is 0.125. The standard InChI is InChI=1S/C7H4BrFN4/c8-7-10-2-1-6(12-7)13-4-5(9)3-11-13/h1-4H. The van der Waals surface area contributed by atoms with Gasteiger partial charge in [-0.1, -0.05) is 0 Å². The zero-order valence-electron chi connectivity index (χ0n) is 6.35. The van der Waals surface area contributed by atoms with Crippen LogP contribution < -0.4 is 0 Å². The zero-order valence-corrected chi connectivity index (χ0v) is 7.94. The quantitative estimate of drug-likeness (QED) is 0.714. The highest BCUT2D eigenvalue weighted by atomic mass is 79.9. The summed E-state index contributed by atoms with van der Waals surface area (Å²) in [6.07, 6.45) is 3.93. The lowest BCUT2D eigenvalue weighted by atomic mass is 10.6. The maximum atomic E-state index is 12.6. The van der Waals surface area contributed by atoms with Crippen molar-refractivity contribution in [1.29, 1.82) is 0 Å². The van der Waals surface area contributed by atoms with Crippen molar-refractivity contribution in [3.8, 4) is 5.82 Å². The number of aromatic nitrogens is 4. The van der Waals surface area contributed by atoms with Crippen molar-refractivity contribution in [2.24, 2.45) is 0 Å². The zero-order chi connectivity index (χ0) is 9.26. The highest BCUT2D eigenvalue weighted by Gasteiger charge is 2.01. The van der Waals surface area contributed by atoms with Gasteiger partial charge in [0.05, 0.1) is 12.4 Å². The van der Waals surface area contributed by atoms with E-state index in [0.29, 0.717) is 10.6 Å². The number of nitrogens with zero attached hydrogens (tertiary/aromatic N) is 4. The Morgan fingerprint density at radius 3 is 2.92 bits per heavy atom. The molecule has 2 heterocycles. The van der Waals surface area contributed by atoms with Crippen LogP contribution in [0.3, 0.4) is 0 Å². The van der Waals surface area contributed by atoms with E-state index in [1.807, 2.05) is 0 Å². The molecular weight excluding hydrogens is 239 g/mol. The monoisotopic (exact) mass is 242 g/mol. The molecule has 0 aliphatic rings. The van der Waals surface area contributed by atoms with Gasteiger partial charge in [0.15, 0.2) is 16.4 Å². The van der Waals surface area contributed by atoms with Gasteiger partial charge in [-0.2, -0.15) is 5.10 Å². The Balaban J connectivity index is 2.46. The van der Waals surface area contributed by atoms with Crippen LogP contribution in [-0.4, -0.2) is 19.7 Å². The summed E-state index contributed by atoms with van der Waals surface area (Å²) < 4.78 is 14.4. The van der Waals surface area contributed by atoms with Crippen LogP contribution in [0.25, 0.3) is 5.82 Å². The summed E-state index contributed by atoms with van der Waals surface area (Å²) in [6.45, 7) is 0. The third-order valence-corrected chi connectivity index (χ3v) is 1.78. The Labute approximate surface area is 81.6 Å².